The Kier molecular flexibility index (Phi) is 6.32. The molecule has 0 spiro atoms. The Bertz CT molecular complexity index is 900. The molecule has 146 valence electrons. The summed E-state index contributed by atoms with van der Waals surface area (Å²) >= 11 is 5.96. The van der Waals surface area contributed by atoms with Crippen LogP contribution in [0, 0.1) is 11.3 Å². The van der Waals surface area contributed by atoms with Crippen LogP contribution in [0.5, 0.6) is 0 Å². The van der Waals surface area contributed by atoms with Crippen LogP contribution in [-0.4, -0.2) is 39.7 Å². The van der Waals surface area contributed by atoms with Crippen molar-refractivity contribution < 1.29 is 9.59 Å². The van der Waals surface area contributed by atoms with E-state index in [1.807, 2.05) is 16.8 Å². The molecule has 0 radical (unpaired) electrons. The number of halogens is 1. The van der Waals surface area contributed by atoms with Crippen molar-refractivity contribution in [2.24, 2.45) is 0 Å². The zero-order valence-electron chi connectivity index (χ0n) is 15.7. The molecule has 0 saturated heterocycles. The van der Waals surface area contributed by atoms with Gasteiger partial charge in [-0.1, -0.05) is 43.5 Å². The van der Waals surface area contributed by atoms with E-state index < -0.39 is 0 Å². The average Bonchev–Trinajstić information content (AvgIpc) is 3.13. The number of rotatable bonds is 7. The third-order valence-corrected chi connectivity index (χ3v) is 5.01. The van der Waals surface area contributed by atoms with E-state index in [9.17, 15) is 9.59 Å². The number of carbonyl (C=O) groups is 2. The topological polar surface area (TPSA) is 91.0 Å². The summed E-state index contributed by atoms with van der Waals surface area (Å²) in [5, 5.41) is 16.6. The van der Waals surface area contributed by atoms with Crippen LogP contribution in [0.15, 0.2) is 30.3 Å². The first-order valence-electron chi connectivity index (χ1n) is 9.32. The molecule has 2 aromatic rings. The Balaban J connectivity index is 1.86. The van der Waals surface area contributed by atoms with Crippen molar-refractivity contribution in [3.05, 3.63) is 41.0 Å². The van der Waals surface area contributed by atoms with Crippen molar-refractivity contribution in [1.82, 2.24) is 20.0 Å². The monoisotopic (exact) mass is 399 g/mol. The molecule has 8 heteroatoms. The van der Waals surface area contributed by atoms with E-state index in [0.29, 0.717) is 17.3 Å². The molecule has 1 N–H and O–H groups in total. The lowest BCUT2D eigenvalue weighted by Gasteiger charge is -2.33. The summed E-state index contributed by atoms with van der Waals surface area (Å²) in [6, 6.07) is 11.0. The molecular formula is C20H22ClN5O2. The Morgan fingerprint density at radius 3 is 2.82 bits per heavy atom. The number of amides is 2. The number of benzene rings is 1. The zero-order chi connectivity index (χ0) is 20.1. The number of aromatic nitrogens is 2. The molecule has 0 saturated carbocycles. The van der Waals surface area contributed by atoms with Crippen molar-refractivity contribution in [3.63, 3.8) is 0 Å². The quantitative estimate of drug-likeness (QED) is 0.772. The first-order valence-corrected chi connectivity index (χ1v) is 9.69. The van der Waals surface area contributed by atoms with Gasteiger partial charge >= 0.3 is 0 Å². The Hall–Kier alpha value is -2.85. The van der Waals surface area contributed by atoms with Crippen molar-refractivity contribution in [2.45, 2.75) is 38.6 Å². The van der Waals surface area contributed by atoms with Crippen LogP contribution >= 0.6 is 11.6 Å². The molecule has 0 bridgehead atoms. The highest BCUT2D eigenvalue weighted by atomic mass is 35.5. The summed E-state index contributed by atoms with van der Waals surface area (Å²) in [4.78, 5) is 26.2. The minimum absolute atomic E-state index is 0.0431. The number of fused-ring (bicyclic) bond motifs is 1. The summed E-state index contributed by atoms with van der Waals surface area (Å²) in [6.45, 7) is 2.68. The standard InChI is InChI=1S/C20H22ClN5O2/c1-2-3-4-16-12-25(13-23-19(27)9-10-22)20(28)18-11-17(24-26(16)18)14-5-7-15(21)8-6-14/h5-8,11,16H,2-4,9,12-13H2,1H3,(H,23,27). The fraction of sp³-hybridized carbons (Fsp3) is 0.400. The first kappa shape index (κ1) is 19.9. The number of nitrogens with zero attached hydrogens (tertiary/aromatic N) is 4. The lowest BCUT2D eigenvalue weighted by Crippen LogP contribution is -2.48. The van der Waals surface area contributed by atoms with Gasteiger partial charge in [0.2, 0.25) is 5.91 Å². The van der Waals surface area contributed by atoms with Crippen LogP contribution in [0.4, 0.5) is 0 Å². The minimum atomic E-state index is -0.388. The van der Waals surface area contributed by atoms with E-state index in [-0.39, 0.29) is 30.9 Å². The molecule has 1 aliphatic rings. The summed E-state index contributed by atoms with van der Waals surface area (Å²) in [5.74, 6) is -0.570. The van der Waals surface area contributed by atoms with Crippen LogP contribution in [0.2, 0.25) is 5.02 Å². The molecular weight excluding hydrogens is 378 g/mol. The largest absolute Gasteiger partial charge is 0.338 e. The molecule has 1 aliphatic heterocycles. The molecule has 0 aliphatic carbocycles. The maximum atomic E-state index is 12.9. The maximum Gasteiger partial charge on any atom is 0.273 e. The van der Waals surface area contributed by atoms with Gasteiger partial charge in [-0.15, -0.1) is 0 Å². The van der Waals surface area contributed by atoms with Gasteiger partial charge in [-0.3, -0.25) is 14.3 Å². The van der Waals surface area contributed by atoms with Crippen molar-refractivity contribution >= 4 is 23.4 Å². The van der Waals surface area contributed by atoms with E-state index in [1.165, 1.54) is 0 Å². The molecule has 2 amide bonds. The van der Waals surface area contributed by atoms with E-state index in [1.54, 1.807) is 29.2 Å². The van der Waals surface area contributed by atoms with Gasteiger partial charge in [0, 0.05) is 17.1 Å². The van der Waals surface area contributed by atoms with Crippen molar-refractivity contribution in [3.8, 4) is 17.3 Å². The highest BCUT2D eigenvalue weighted by Crippen LogP contribution is 2.29. The van der Waals surface area contributed by atoms with Gasteiger partial charge in [-0.25, -0.2) is 0 Å². The fourth-order valence-corrected chi connectivity index (χ4v) is 3.40. The van der Waals surface area contributed by atoms with Crippen LogP contribution in [-0.2, 0) is 4.79 Å². The van der Waals surface area contributed by atoms with Gasteiger partial charge in [0.15, 0.2) is 0 Å². The third-order valence-electron chi connectivity index (χ3n) is 4.76. The van der Waals surface area contributed by atoms with Crippen molar-refractivity contribution in [2.75, 3.05) is 13.2 Å². The molecule has 1 atom stereocenters. The molecule has 28 heavy (non-hydrogen) atoms. The van der Waals surface area contributed by atoms with Gasteiger partial charge in [0.05, 0.1) is 24.5 Å². The van der Waals surface area contributed by atoms with Gasteiger partial charge in [-0.2, -0.15) is 10.4 Å². The second-order valence-corrected chi connectivity index (χ2v) is 7.22. The summed E-state index contributed by atoms with van der Waals surface area (Å²) < 4.78 is 1.82. The Labute approximate surface area is 168 Å². The Morgan fingerprint density at radius 1 is 1.39 bits per heavy atom. The van der Waals surface area contributed by atoms with Crippen LogP contribution in [0.1, 0.15) is 49.1 Å². The number of nitriles is 1. The molecule has 1 aromatic heterocycles. The molecule has 1 unspecified atom stereocenters. The molecule has 2 heterocycles. The minimum Gasteiger partial charge on any atom is -0.338 e. The number of unbranched alkanes of at least 4 members (excludes halogenated alkanes) is 1. The van der Waals surface area contributed by atoms with Gasteiger partial charge in [0.1, 0.15) is 12.1 Å². The van der Waals surface area contributed by atoms with Gasteiger partial charge in [-0.05, 0) is 24.6 Å². The number of hydrogen-bond acceptors (Lipinski definition) is 4. The lowest BCUT2D eigenvalue weighted by atomic mass is 10.1. The van der Waals surface area contributed by atoms with Crippen LogP contribution < -0.4 is 5.32 Å². The Morgan fingerprint density at radius 2 is 2.14 bits per heavy atom. The number of carbonyl (C=O) groups excluding carboxylic acids is 2. The molecule has 3 rings (SSSR count). The van der Waals surface area contributed by atoms with E-state index >= 15 is 0 Å². The number of hydrogen-bond donors (Lipinski definition) is 1. The summed E-state index contributed by atoms with van der Waals surface area (Å²) in [5.41, 5.74) is 2.12. The van der Waals surface area contributed by atoms with E-state index in [2.05, 4.69) is 12.2 Å². The molecule has 1 aromatic carbocycles. The second-order valence-electron chi connectivity index (χ2n) is 6.78. The van der Waals surface area contributed by atoms with Gasteiger partial charge in [0.25, 0.3) is 5.91 Å². The average molecular weight is 400 g/mol. The van der Waals surface area contributed by atoms with Crippen LogP contribution in [0.25, 0.3) is 11.3 Å². The maximum absolute atomic E-state index is 12.9. The normalized spacial score (nSPS) is 15.8. The smallest absolute Gasteiger partial charge is 0.273 e. The summed E-state index contributed by atoms with van der Waals surface area (Å²) in [7, 11) is 0. The van der Waals surface area contributed by atoms with E-state index in [0.717, 1.165) is 30.5 Å². The molecule has 7 nitrogen and oxygen atoms in total. The van der Waals surface area contributed by atoms with E-state index in [4.69, 9.17) is 22.0 Å². The predicted molar refractivity (Wildman–Crippen MR) is 106 cm³/mol. The SMILES string of the molecule is CCCCC1CN(CNC(=O)CC#N)C(=O)c2cc(-c3ccc(Cl)cc3)nn21. The van der Waals surface area contributed by atoms with Gasteiger partial charge < -0.3 is 10.2 Å². The zero-order valence-corrected chi connectivity index (χ0v) is 16.4. The highest BCUT2D eigenvalue weighted by molar-refractivity contribution is 6.30. The first-order chi connectivity index (χ1) is 13.5. The fourth-order valence-electron chi connectivity index (χ4n) is 3.28. The molecule has 0 fully saturated rings. The number of nitrogens with one attached hydrogen (secondary N) is 1. The third kappa shape index (κ3) is 4.34. The highest BCUT2D eigenvalue weighted by Gasteiger charge is 2.32. The summed E-state index contributed by atoms with van der Waals surface area (Å²) in [6.07, 6.45) is 2.73. The second kappa shape index (κ2) is 8.89. The predicted octanol–water partition coefficient (Wildman–Crippen LogP) is 3.38. The van der Waals surface area contributed by atoms with Crippen molar-refractivity contribution in [1.29, 1.82) is 5.26 Å². The lowest BCUT2D eigenvalue weighted by molar-refractivity contribution is -0.120. The van der Waals surface area contributed by atoms with Crippen LogP contribution in [0.3, 0.4) is 0 Å².